The average molecular weight is 566 g/mol. The van der Waals surface area contributed by atoms with Crippen molar-refractivity contribution in [1.82, 2.24) is 20.2 Å². The van der Waals surface area contributed by atoms with Crippen LogP contribution in [-0.2, 0) is 0 Å². The lowest BCUT2D eigenvalue weighted by Gasteiger charge is -2.28. The number of aliphatic hydroxyl groups is 1. The van der Waals surface area contributed by atoms with E-state index in [0.717, 1.165) is 36.4 Å². The highest BCUT2D eigenvalue weighted by Gasteiger charge is 2.26. The number of carbonyl (C=O) groups is 1. The third-order valence-electron chi connectivity index (χ3n) is 5.98. The van der Waals surface area contributed by atoms with Gasteiger partial charge in [0.15, 0.2) is 11.2 Å². The van der Waals surface area contributed by atoms with Crippen LogP contribution < -0.4 is 15.0 Å². The van der Waals surface area contributed by atoms with Crippen molar-refractivity contribution in [1.29, 1.82) is 0 Å². The van der Waals surface area contributed by atoms with Gasteiger partial charge in [0.05, 0.1) is 18.9 Å². The van der Waals surface area contributed by atoms with Gasteiger partial charge in [-0.25, -0.2) is 13.8 Å². The van der Waals surface area contributed by atoms with E-state index in [1.54, 1.807) is 0 Å². The number of rotatable bonds is 7. The second-order valence-electron chi connectivity index (χ2n) is 8.79. The number of anilines is 2. The van der Waals surface area contributed by atoms with E-state index in [1.807, 2.05) is 0 Å². The number of alkyl halides is 2. The Labute approximate surface area is 231 Å². The molecule has 0 saturated heterocycles. The van der Waals surface area contributed by atoms with E-state index in [0.29, 0.717) is 10.9 Å². The SMILES string of the molecule is COc1cnc(C(F)F)cc1-c1cc(N2C=CC(B(O)O)=CC2O)ncc1C(=O)Nc1nnc(C#CC2CC2)s1. The zero-order valence-electron chi connectivity index (χ0n) is 20.8. The number of nitrogens with zero attached hydrogens (tertiary/aromatic N) is 5. The Morgan fingerprint density at radius 3 is 2.70 bits per heavy atom. The average Bonchev–Trinajstić information content (AvgIpc) is 3.68. The van der Waals surface area contributed by atoms with Crippen LogP contribution in [-0.4, -0.2) is 61.7 Å². The van der Waals surface area contributed by atoms with E-state index >= 15 is 0 Å². The van der Waals surface area contributed by atoms with Crippen molar-refractivity contribution >= 4 is 35.3 Å². The van der Waals surface area contributed by atoms with Crippen LogP contribution in [0.4, 0.5) is 19.7 Å². The third-order valence-corrected chi connectivity index (χ3v) is 6.73. The van der Waals surface area contributed by atoms with Gasteiger partial charge in [-0.1, -0.05) is 17.3 Å². The van der Waals surface area contributed by atoms with E-state index in [-0.39, 0.29) is 38.9 Å². The Morgan fingerprint density at radius 1 is 1.23 bits per heavy atom. The fraction of sp³-hybridized carbons (Fsp3) is 0.240. The number of aromatic nitrogens is 4. The second-order valence-corrected chi connectivity index (χ2v) is 9.76. The molecule has 1 atom stereocenters. The number of carbonyl (C=O) groups excluding carboxylic acids is 1. The van der Waals surface area contributed by atoms with Gasteiger partial charge in [0.1, 0.15) is 17.3 Å². The molecule has 1 aliphatic heterocycles. The van der Waals surface area contributed by atoms with Crippen LogP contribution in [0, 0.1) is 17.8 Å². The van der Waals surface area contributed by atoms with Crippen molar-refractivity contribution in [2.45, 2.75) is 25.5 Å². The quantitative estimate of drug-likeness (QED) is 0.248. The maximum atomic E-state index is 13.6. The number of halogens is 2. The molecule has 1 unspecified atom stereocenters. The number of ether oxygens (including phenoxy) is 1. The Hall–Kier alpha value is -4.23. The second kappa shape index (κ2) is 11.5. The molecule has 4 N–H and O–H groups in total. The predicted molar refractivity (Wildman–Crippen MR) is 142 cm³/mol. The summed E-state index contributed by atoms with van der Waals surface area (Å²) in [6, 6.07) is 2.52. The molecule has 40 heavy (non-hydrogen) atoms. The summed E-state index contributed by atoms with van der Waals surface area (Å²) in [5, 5.41) is 40.6. The highest BCUT2D eigenvalue weighted by atomic mass is 32.1. The van der Waals surface area contributed by atoms with Gasteiger partial charge < -0.3 is 24.8 Å². The molecular weight excluding hydrogens is 545 g/mol. The number of pyridine rings is 2. The van der Waals surface area contributed by atoms with E-state index < -0.39 is 31.4 Å². The minimum atomic E-state index is -2.89. The van der Waals surface area contributed by atoms with Crippen molar-refractivity contribution in [3.63, 3.8) is 0 Å². The topological polar surface area (TPSA) is 154 Å². The zero-order valence-corrected chi connectivity index (χ0v) is 21.6. The first-order valence-electron chi connectivity index (χ1n) is 11.9. The number of hydrogen-bond donors (Lipinski definition) is 4. The fourth-order valence-electron chi connectivity index (χ4n) is 3.77. The lowest BCUT2D eigenvalue weighted by Crippen LogP contribution is -2.34. The third kappa shape index (κ3) is 6.00. The van der Waals surface area contributed by atoms with Gasteiger partial charge >= 0.3 is 7.12 Å². The van der Waals surface area contributed by atoms with Crippen molar-refractivity contribution in [2.75, 3.05) is 17.3 Å². The van der Waals surface area contributed by atoms with Gasteiger partial charge in [-0.05, 0) is 48.5 Å². The molecule has 204 valence electrons. The molecule has 1 fully saturated rings. The summed E-state index contributed by atoms with van der Waals surface area (Å²) in [4.78, 5) is 22.7. The number of aliphatic hydroxyl groups excluding tert-OH is 1. The van der Waals surface area contributed by atoms with Crippen LogP contribution in [0.3, 0.4) is 0 Å². The smallest absolute Gasteiger partial charge is 0.488 e. The molecule has 0 radical (unpaired) electrons. The Bertz CT molecular complexity index is 1570. The summed E-state index contributed by atoms with van der Waals surface area (Å²) < 4.78 is 32.5. The van der Waals surface area contributed by atoms with Crippen molar-refractivity contribution in [3.05, 3.63) is 64.6 Å². The Morgan fingerprint density at radius 2 is 2.02 bits per heavy atom. The van der Waals surface area contributed by atoms with Gasteiger partial charge in [0, 0.05) is 29.4 Å². The molecule has 3 aromatic heterocycles. The standard InChI is InChI=1S/C25H21BF2N6O5S/c1-39-19-12-29-18(23(27)28)9-16(19)15-10-20(34-7-6-14(26(37)38)8-22(34)35)30-11-17(15)24(36)31-25-33-32-21(40-25)5-4-13-2-3-13/h6-13,22-23,35,37-38H,2-3H2,1H3,(H,31,33,36). The van der Waals surface area contributed by atoms with Crippen molar-refractivity contribution in [2.24, 2.45) is 5.92 Å². The van der Waals surface area contributed by atoms with Gasteiger partial charge in [-0.2, -0.15) is 0 Å². The van der Waals surface area contributed by atoms with Crippen LogP contribution in [0.25, 0.3) is 11.1 Å². The summed E-state index contributed by atoms with van der Waals surface area (Å²) in [6.45, 7) is 0. The van der Waals surface area contributed by atoms with Crippen LogP contribution >= 0.6 is 11.3 Å². The van der Waals surface area contributed by atoms with Gasteiger partial charge in [0.2, 0.25) is 5.13 Å². The van der Waals surface area contributed by atoms with E-state index in [9.17, 15) is 28.7 Å². The number of nitrogens with one attached hydrogen (secondary N) is 1. The molecule has 4 heterocycles. The maximum Gasteiger partial charge on any atom is 0.488 e. The summed E-state index contributed by atoms with van der Waals surface area (Å²) in [5.41, 5.74) is -0.194. The molecule has 0 aromatic carbocycles. The number of methoxy groups -OCH3 is 1. The maximum absolute atomic E-state index is 13.6. The largest absolute Gasteiger partial charge is 0.494 e. The van der Waals surface area contributed by atoms with Crippen molar-refractivity contribution in [3.8, 4) is 28.7 Å². The molecule has 15 heteroatoms. The molecule has 0 spiro atoms. The van der Waals surface area contributed by atoms with Crippen LogP contribution in [0.5, 0.6) is 5.75 Å². The lowest BCUT2D eigenvalue weighted by molar-refractivity contribution is 0.102. The van der Waals surface area contributed by atoms with Crippen LogP contribution in [0.2, 0.25) is 0 Å². The Kier molecular flexibility index (Phi) is 7.85. The first-order chi connectivity index (χ1) is 19.2. The first kappa shape index (κ1) is 27.3. The highest BCUT2D eigenvalue weighted by Crippen LogP contribution is 2.37. The summed E-state index contributed by atoms with van der Waals surface area (Å²) >= 11 is 1.09. The molecule has 1 amide bonds. The first-order valence-corrected chi connectivity index (χ1v) is 12.8. The predicted octanol–water partition coefficient (Wildman–Crippen LogP) is 2.55. The van der Waals surface area contributed by atoms with E-state index in [1.165, 1.54) is 42.6 Å². The minimum Gasteiger partial charge on any atom is -0.494 e. The monoisotopic (exact) mass is 566 g/mol. The van der Waals surface area contributed by atoms with Gasteiger partial charge in [-0.3, -0.25) is 15.1 Å². The van der Waals surface area contributed by atoms with E-state index in [2.05, 4.69) is 37.3 Å². The molecule has 11 nitrogen and oxygen atoms in total. The van der Waals surface area contributed by atoms with Gasteiger partial charge in [0.25, 0.3) is 12.3 Å². The molecule has 2 aliphatic rings. The van der Waals surface area contributed by atoms with Crippen molar-refractivity contribution < 1.29 is 33.5 Å². The summed E-state index contributed by atoms with van der Waals surface area (Å²) in [6.07, 6.45) is 4.16. The van der Waals surface area contributed by atoms with Crippen LogP contribution in [0.15, 0.2) is 48.4 Å². The number of amides is 1. The molecular formula is C25H21BF2N6O5S. The minimum absolute atomic E-state index is 0.00762. The molecule has 5 rings (SSSR count). The lowest BCUT2D eigenvalue weighted by atomic mass is 9.78. The fourth-order valence-corrected chi connectivity index (χ4v) is 4.37. The molecule has 3 aromatic rings. The zero-order chi connectivity index (χ0) is 28.4. The number of hydrogen-bond acceptors (Lipinski definition) is 11. The summed E-state index contributed by atoms with van der Waals surface area (Å²) in [7, 11) is -0.462. The van der Waals surface area contributed by atoms with E-state index in [4.69, 9.17) is 4.74 Å². The number of allylic oxidation sites excluding steroid dienone is 2. The molecule has 1 saturated carbocycles. The highest BCUT2D eigenvalue weighted by molar-refractivity contribution is 7.15. The Balaban J connectivity index is 1.54. The molecule has 1 aliphatic carbocycles. The van der Waals surface area contributed by atoms with Gasteiger partial charge in [-0.15, -0.1) is 10.2 Å². The molecule has 0 bridgehead atoms. The normalized spacial score (nSPS) is 16.3. The summed E-state index contributed by atoms with van der Waals surface area (Å²) in [5.74, 6) is 5.97. The van der Waals surface area contributed by atoms with Crippen LogP contribution in [0.1, 0.15) is 40.3 Å².